The van der Waals surface area contributed by atoms with E-state index in [4.69, 9.17) is 0 Å². The van der Waals surface area contributed by atoms with Gasteiger partial charge in [0.2, 0.25) is 10.0 Å². The molecular weight excluding hydrogens is 457 g/mol. The molecule has 0 saturated heterocycles. The van der Waals surface area contributed by atoms with E-state index in [0.717, 1.165) is 37.8 Å². The number of hydrogen-bond acceptors (Lipinski definition) is 4. The van der Waals surface area contributed by atoms with Gasteiger partial charge in [0.25, 0.3) is 5.91 Å². The standard InChI is InChI=1S/C22H21F3N4O3S/c23-22(24,25)16-9-10-20(29-12-4-11-26-29)19(14-16)27-21(30)15-5-3-8-18(13-15)33(31,32)28-17-6-1-2-7-17/h3-5,8-14,17,28H,1-2,6-7H2,(H,27,30). The summed E-state index contributed by atoms with van der Waals surface area (Å²) in [6.45, 7) is 0. The van der Waals surface area contributed by atoms with Crippen LogP contribution in [0.4, 0.5) is 18.9 Å². The quantitative estimate of drug-likeness (QED) is 0.551. The Hall–Kier alpha value is -3.18. The van der Waals surface area contributed by atoms with E-state index >= 15 is 0 Å². The fourth-order valence-electron chi connectivity index (χ4n) is 3.75. The van der Waals surface area contributed by atoms with E-state index in [1.165, 1.54) is 47.4 Å². The first-order valence-corrected chi connectivity index (χ1v) is 11.8. The van der Waals surface area contributed by atoms with Crippen LogP contribution in [-0.2, 0) is 16.2 Å². The first-order chi connectivity index (χ1) is 15.6. The Morgan fingerprint density at radius 3 is 2.48 bits per heavy atom. The van der Waals surface area contributed by atoms with Crippen LogP contribution in [0.15, 0.2) is 65.8 Å². The maximum Gasteiger partial charge on any atom is 0.416 e. The Morgan fingerprint density at radius 2 is 1.82 bits per heavy atom. The second kappa shape index (κ2) is 8.99. The SMILES string of the molecule is O=C(Nc1cc(C(F)(F)F)ccc1-n1cccn1)c1cccc(S(=O)(=O)NC2CCCC2)c1. The van der Waals surface area contributed by atoms with Gasteiger partial charge < -0.3 is 5.32 Å². The molecule has 1 aliphatic rings. The maximum atomic E-state index is 13.2. The number of hydrogen-bond donors (Lipinski definition) is 2. The lowest BCUT2D eigenvalue weighted by Crippen LogP contribution is -2.32. The first kappa shape index (κ1) is 23.0. The molecule has 2 aromatic carbocycles. The minimum absolute atomic E-state index is 0.00637. The molecule has 0 unspecified atom stereocenters. The summed E-state index contributed by atoms with van der Waals surface area (Å²) < 4.78 is 69.1. The maximum absolute atomic E-state index is 13.2. The van der Waals surface area contributed by atoms with E-state index in [1.54, 1.807) is 6.07 Å². The minimum atomic E-state index is -4.61. The summed E-state index contributed by atoms with van der Waals surface area (Å²) in [6.07, 6.45) is 1.78. The molecule has 0 aliphatic heterocycles. The predicted octanol–water partition coefficient (Wildman–Crippen LogP) is 4.36. The number of benzene rings is 2. The second-order valence-corrected chi connectivity index (χ2v) is 9.48. The molecule has 1 saturated carbocycles. The highest BCUT2D eigenvalue weighted by molar-refractivity contribution is 7.89. The number of sulfonamides is 1. The topological polar surface area (TPSA) is 93.1 Å². The number of halogens is 3. The average molecular weight is 478 g/mol. The molecule has 1 fully saturated rings. The van der Waals surface area contributed by atoms with Gasteiger partial charge in [-0.05, 0) is 55.3 Å². The van der Waals surface area contributed by atoms with Crippen molar-refractivity contribution in [2.45, 2.75) is 42.8 Å². The predicted molar refractivity (Wildman–Crippen MR) is 116 cm³/mol. The van der Waals surface area contributed by atoms with E-state index in [9.17, 15) is 26.4 Å². The minimum Gasteiger partial charge on any atom is -0.320 e. The summed E-state index contributed by atoms with van der Waals surface area (Å²) in [6, 6.07) is 9.75. The first-order valence-electron chi connectivity index (χ1n) is 10.3. The zero-order chi connectivity index (χ0) is 23.6. The van der Waals surface area contributed by atoms with Crippen LogP contribution in [0, 0.1) is 0 Å². The van der Waals surface area contributed by atoms with Gasteiger partial charge in [-0.1, -0.05) is 18.9 Å². The van der Waals surface area contributed by atoms with Gasteiger partial charge in [0.1, 0.15) is 0 Å². The summed E-state index contributed by atoms with van der Waals surface area (Å²) in [5, 5.41) is 6.48. The van der Waals surface area contributed by atoms with Gasteiger partial charge in [0.15, 0.2) is 0 Å². The van der Waals surface area contributed by atoms with Crippen LogP contribution in [-0.4, -0.2) is 30.1 Å². The van der Waals surface area contributed by atoms with Crippen LogP contribution in [0.5, 0.6) is 0 Å². The zero-order valence-corrected chi connectivity index (χ0v) is 18.2. The van der Waals surface area contributed by atoms with Crippen LogP contribution in [0.1, 0.15) is 41.6 Å². The number of anilines is 1. The number of nitrogens with one attached hydrogen (secondary N) is 2. The number of carbonyl (C=O) groups is 1. The number of nitrogens with zero attached hydrogens (tertiary/aromatic N) is 2. The van der Waals surface area contributed by atoms with Crippen LogP contribution >= 0.6 is 0 Å². The molecule has 0 atom stereocenters. The van der Waals surface area contributed by atoms with Crippen molar-refractivity contribution >= 4 is 21.6 Å². The number of alkyl halides is 3. The van der Waals surface area contributed by atoms with Crippen LogP contribution in [0.3, 0.4) is 0 Å². The second-order valence-electron chi connectivity index (χ2n) is 7.76. The Balaban J connectivity index is 1.62. The van der Waals surface area contributed by atoms with Gasteiger partial charge >= 0.3 is 6.18 Å². The van der Waals surface area contributed by atoms with E-state index in [0.29, 0.717) is 0 Å². The number of carbonyl (C=O) groups excluding carboxylic acids is 1. The molecule has 1 aliphatic carbocycles. The fraction of sp³-hybridized carbons (Fsp3) is 0.273. The van der Waals surface area contributed by atoms with Crippen molar-refractivity contribution in [3.63, 3.8) is 0 Å². The highest BCUT2D eigenvalue weighted by Gasteiger charge is 2.31. The Morgan fingerprint density at radius 1 is 1.06 bits per heavy atom. The van der Waals surface area contributed by atoms with Gasteiger partial charge in [-0.2, -0.15) is 18.3 Å². The molecule has 1 aromatic heterocycles. The van der Waals surface area contributed by atoms with Crippen molar-refractivity contribution in [2.24, 2.45) is 0 Å². The van der Waals surface area contributed by atoms with Crippen molar-refractivity contribution in [3.05, 3.63) is 72.1 Å². The van der Waals surface area contributed by atoms with Gasteiger partial charge in [-0.15, -0.1) is 0 Å². The number of rotatable bonds is 6. The molecule has 33 heavy (non-hydrogen) atoms. The molecule has 0 radical (unpaired) electrons. The van der Waals surface area contributed by atoms with Crippen molar-refractivity contribution < 1.29 is 26.4 Å². The Bertz CT molecular complexity index is 1250. The highest BCUT2D eigenvalue weighted by Crippen LogP contribution is 2.33. The molecular formula is C22H21F3N4O3S. The van der Waals surface area contributed by atoms with Gasteiger partial charge in [0.05, 0.1) is 21.8 Å². The summed E-state index contributed by atoms with van der Waals surface area (Å²) in [4.78, 5) is 12.8. The third kappa shape index (κ3) is 5.25. The molecule has 1 heterocycles. The normalized spacial score (nSPS) is 15.0. The monoisotopic (exact) mass is 478 g/mol. The van der Waals surface area contributed by atoms with E-state index in [-0.39, 0.29) is 27.9 Å². The van der Waals surface area contributed by atoms with Crippen molar-refractivity contribution in [1.29, 1.82) is 0 Å². The van der Waals surface area contributed by atoms with Crippen molar-refractivity contribution in [2.75, 3.05) is 5.32 Å². The summed E-state index contributed by atoms with van der Waals surface area (Å²) in [5.41, 5.74) is -0.831. The molecule has 2 N–H and O–H groups in total. The summed E-state index contributed by atoms with van der Waals surface area (Å²) >= 11 is 0. The highest BCUT2D eigenvalue weighted by atomic mass is 32.2. The smallest absolute Gasteiger partial charge is 0.320 e. The van der Waals surface area contributed by atoms with Gasteiger partial charge in [-0.3, -0.25) is 4.79 Å². The molecule has 1 amide bonds. The third-order valence-corrected chi connectivity index (χ3v) is 6.92. The molecule has 0 bridgehead atoms. The summed E-state index contributed by atoms with van der Waals surface area (Å²) in [7, 11) is -3.84. The average Bonchev–Trinajstić information content (AvgIpc) is 3.47. The van der Waals surface area contributed by atoms with Gasteiger partial charge in [-0.25, -0.2) is 17.8 Å². The molecule has 4 rings (SSSR count). The molecule has 7 nitrogen and oxygen atoms in total. The lowest BCUT2D eigenvalue weighted by molar-refractivity contribution is -0.137. The van der Waals surface area contributed by atoms with Gasteiger partial charge in [0, 0.05) is 24.0 Å². The van der Waals surface area contributed by atoms with Crippen LogP contribution in [0.2, 0.25) is 0 Å². The molecule has 0 spiro atoms. The van der Waals surface area contributed by atoms with Crippen molar-refractivity contribution in [3.8, 4) is 5.69 Å². The van der Waals surface area contributed by atoms with Crippen LogP contribution < -0.4 is 10.0 Å². The Kier molecular flexibility index (Phi) is 6.26. The van der Waals surface area contributed by atoms with E-state index in [2.05, 4.69) is 15.1 Å². The lowest BCUT2D eigenvalue weighted by Gasteiger charge is -2.15. The lowest BCUT2D eigenvalue weighted by atomic mass is 10.1. The number of amides is 1. The zero-order valence-electron chi connectivity index (χ0n) is 17.3. The fourth-order valence-corrected chi connectivity index (χ4v) is 5.10. The van der Waals surface area contributed by atoms with E-state index < -0.39 is 27.7 Å². The molecule has 11 heteroatoms. The summed E-state index contributed by atoms with van der Waals surface area (Å²) in [5.74, 6) is -0.749. The van der Waals surface area contributed by atoms with Crippen LogP contribution in [0.25, 0.3) is 5.69 Å². The largest absolute Gasteiger partial charge is 0.416 e. The van der Waals surface area contributed by atoms with E-state index in [1.807, 2.05) is 0 Å². The van der Waals surface area contributed by atoms with Crippen molar-refractivity contribution in [1.82, 2.24) is 14.5 Å². The molecule has 3 aromatic rings. The third-order valence-electron chi connectivity index (χ3n) is 5.41. The Labute approximate surface area is 188 Å². The molecule has 174 valence electrons. The number of aromatic nitrogens is 2.